The van der Waals surface area contributed by atoms with Crippen LogP contribution < -0.4 is 4.90 Å². The van der Waals surface area contributed by atoms with E-state index in [2.05, 4.69) is 9.88 Å². The Morgan fingerprint density at radius 1 is 1.08 bits per heavy atom. The molecule has 3 heterocycles. The van der Waals surface area contributed by atoms with Gasteiger partial charge in [-0.3, -0.25) is 0 Å². The van der Waals surface area contributed by atoms with E-state index in [0.29, 0.717) is 22.8 Å². The van der Waals surface area contributed by atoms with Crippen molar-refractivity contribution in [2.45, 2.75) is 82.4 Å². The molecule has 2 aliphatic heterocycles. The standard InChI is InChI=1S/C27H32FN3O4S/c28-21-9-16(26(33)34)10-22-24(21)30-27(36-22)31-17-7-8-18(31)12-19(11-17)35-13-20(25(32)15-5-6-15)23(29)14-3-1-2-4-14/h9-10,14-15,17-19,29,32H,1-8,11-13H2,(H,33,34)/b25-20-,29-23?/t17-,18?,19?/m0/s1. The number of aromatic nitrogens is 1. The summed E-state index contributed by atoms with van der Waals surface area (Å²) in [5.41, 5.74) is 1.46. The first-order valence-electron chi connectivity index (χ1n) is 13.1. The fourth-order valence-electron chi connectivity index (χ4n) is 6.34. The number of aliphatic hydroxyl groups is 1. The highest BCUT2D eigenvalue weighted by Gasteiger charge is 2.43. The van der Waals surface area contributed by atoms with Crippen molar-refractivity contribution in [2.75, 3.05) is 11.5 Å². The van der Waals surface area contributed by atoms with Crippen LogP contribution in [-0.2, 0) is 4.74 Å². The summed E-state index contributed by atoms with van der Waals surface area (Å²) in [5.74, 6) is -0.930. The summed E-state index contributed by atoms with van der Waals surface area (Å²) in [6, 6.07) is 3.00. The van der Waals surface area contributed by atoms with Crippen LogP contribution in [0.4, 0.5) is 9.52 Å². The average Bonchev–Trinajstić information content (AvgIpc) is 3.26. The van der Waals surface area contributed by atoms with Gasteiger partial charge in [0.1, 0.15) is 11.3 Å². The lowest BCUT2D eigenvalue weighted by molar-refractivity contribution is 0.0408. The molecule has 2 saturated carbocycles. The number of allylic oxidation sites excluding steroid dienone is 1. The molecule has 2 bridgehead atoms. The lowest BCUT2D eigenvalue weighted by Crippen LogP contribution is -2.45. The van der Waals surface area contributed by atoms with E-state index in [9.17, 15) is 19.4 Å². The van der Waals surface area contributed by atoms with Gasteiger partial charge >= 0.3 is 5.97 Å². The second-order valence-electron chi connectivity index (χ2n) is 10.8. The fourth-order valence-corrected chi connectivity index (χ4v) is 7.50. The Morgan fingerprint density at radius 3 is 2.42 bits per heavy atom. The maximum atomic E-state index is 14.5. The summed E-state index contributed by atoms with van der Waals surface area (Å²) in [7, 11) is 0. The third-order valence-electron chi connectivity index (χ3n) is 8.42. The van der Waals surface area contributed by atoms with Crippen molar-refractivity contribution in [1.82, 2.24) is 4.98 Å². The summed E-state index contributed by atoms with van der Waals surface area (Å²) >= 11 is 1.35. The molecule has 3 N–H and O–H groups in total. The molecular formula is C27H32FN3O4S. The van der Waals surface area contributed by atoms with Crippen LogP contribution in [0.1, 0.15) is 74.6 Å². The molecule has 0 amide bonds. The molecule has 1 aromatic carbocycles. The molecule has 4 aliphatic rings. The second-order valence-corrected chi connectivity index (χ2v) is 11.8. The molecule has 2 unspecified atom stereocenters. The molecule has 192 valence electrons. The maximum Gasteiger partial charge on any atom is 0.335 e. The van der Waals surface area contributed by atoms with Crippen molar-refractivity contribution in [2.24, 2.45) is 11.8 Å². The Bertz CT molecular complexity index is 1220. The SMILES string of the molecule is N=C(/C(COC1CC2CC[C@@H](C1)N2c1nc2c(F)cc(C(=O)O)cc2s1)=C(\O)C1CC1)C1CCCC1. The van der Waals surface area contributed by atoms with Crippen molar-refractivity contribution in [1.29, 1.82) is 5.41 Å². The van der Waals surface area contributed by atoms with Crippen LogP contribution in [0.15, 0.2) is 23.5 Å². The summed E-state index contributed by atoms with van der Waals surface area (Å²) in [5, 5.41) is 29.6. The molecule has 9 heteroatoms. The Kier molecular flexibility index (Phi) is 6.24. The first-order valence-corrected chi connectivity index (χ1v) is 13.9. The predicted octanol–water partition coefficient (Wildman–Crippen LogP) is 6.08. The highest BCUT2D eigenvalue weighted by Crippen LogP contribution is 2.44. The third-order valence-corrected chi connectivity index (χ3v) is 9.44. The number of carbonyl (C=O) groups is 1. The van der Waals surface area contributed by atoms with E-state index < -0.39 is 11.8 Å². The number of aromatic carboxylic acids is 1. The molecule has 3 atom stereocenters. The van der Waals surface area contributed by atoms with Gasteiger partial charge < -0.3 is 25.3 Å². The number of nitrogens with zero attached hydrogens (tertiary/aromatic N) is 2. The van der Waals surface area contributed by atoms with E-state index in [-0.39, 0.29) is 41.1 Å². The number of carboxylic acid groups (broad SMARTS) is 1. The number of fused-ring (bicyclic) bond motifs is 3. The van der Waals surface area contributed by atoms with E-state index in [4.69, 9.17) is 10.1 Å². The minimum atomic E-state index is -1.15. The van der Waals surface area contributed by atoms with Gasteiger partial charge in [-0.15, -0.1) is 0 Å². The number of aliphatic hydroxyl groups excluding tert-OH is 1. The zero-order valence-corrected chi connectivity index (χ0v) is 21.0. The second kappa shape index (κ2) is 9.41. The van der Waals surface area contributed by atoms with Gasteiger partial charge in [0.15, 0.2) is 10.9 Å². The highest BCUT2D eigenvalue weighted by atomic mass is 32.1. The Morgan fingerprint density at radius 2 is 1.78 bits per heavy atom. The maximum absolute atomic E-state index is 14.5. The number of hydrogen-bond donors (Lipinski definition) is 3. The fraction of sp³-hybridized carbons (Fsp3) is 0.593. The summed E-state index contributed by atoms with van der Waals surface area (Å²) in [4.78, 5) is 18.2. The molecule has 2 aliphatic carbocycles. The van der Waals surface area contributed by atoms with Crippen LogP contribution in [0, 0.1) is 23.1 Å². The Balaban J connectivity index is 1.16. The number of thiazole rings is 1. The number of ether oxygens (including phenoxy) is 1. The zero-order chi connectivity index (χ0) is 25.0. The van der Waals surface area contributed by atoms with E-state index in [1.54, 1.807) is 0 Å². The van der Waals surface area contributed by atoms with Crippen molar-refractivity contribution >= 4 is 38.4 Å². The molecule has 0 spiro atoms. The van der Waals surface area contributed by atoms with Crippen molar-refractivity contribution in [3.05, 3.63) is 34.8 Å². The third kappa shape index (κ3) is 4.41. The minimum absolute atomic E-state index is 0.0434. The zero-order valence-electron chi connectivity index (χ0n) is 20.2. The first kappa shape index (κ1) is 23.9. The van der Waals surface area contributed by atoms with Gasteiger partial charge in [0.2, 0.25) is 0 Å². The number of nitrogens with one attached hydrogen (secondary N) is 1. The number of piperidine rings is 1. The smallest absolute Gasteiger partial charge is 0.335 e. The molecular weight excluding hydrogens is 481 g/mol. The molecule has 4 fully saturated rings. The van der Waals surface area contributed by atoms with Crippen molar-refractivity contribution < 1.29 is 24.1 Å². The topological polar surface area (TPSA) is 107 Å². The summed E-state index contributed by atoms with van der Waals surface area (Å²) in [6.07, 6.45) is 10.1. The molecule has 6 rings (SSSR count). The monoisotopic (exact) mass is 513 g/mol. The van der Waals surface area contributed by atoms with Gasteiger partial charge in [0, 0.05) is 35.2 Å². The van der Waals surface area contributed by atoms with Gasteiger partial charge in [-0.2, -0.15) is 0 Å². The molecule has 2 saturated heterocycles. The lowest BCUT2D eigenvalue weighted by Gasteiger charge is -2.38. The van der Waals surface area contributed by atoms with Crippen LogP contribution in [0.2, 0.25) is 0 Å². The summed E-state index contributed by atoms with van der Waals surface area (Å²) < 4.78 is 21.5. The quantitative estimate of drug-likeness (QED) is 0.292. The van der Waals surface area contributed by atoms with E-state index in [0.717, 1.165) is 81.0 Å². The van der Waals surface area contributed by atoms with Gasteiger partial charge in [-0.1, -0.05) is 24.2 Å². The number of halogens is 1. The number of benzene rings is 1. The van der Waals surface area contributed by atoms with Crippen molar-refractivity contribution in [3.8, 4) is 0 Å². The normalized spacial score (nSPS) is 27.0. The van der Waals surface area contributed by atoms with Gasteiger partial charge in [-0.05, 0) is 63.5 Å². The number of anilines is 1. The Labute approximate surface area is 213 Å². The molecule has 1 aromatic heterocycles. The van der Waals surface area contributed by atoms with Crippen LogP contribution in [0.3, 0.4) is 0 Å². The lowest BCUT2D eigenvalue weighted by atomic mass is 9.93. The van der Waals surface area contributed by atoms with E-state index in [1.807, 2.05) is 0 Å². The van der Waals surface area contributed by atoms with E-state index in [1.165, 1.54) is 17.4 Å². The van der Waals surface area contributed by atoms with Crippen LogP contribution in [0.25, 0.3) is 10.2 Å². The van der Waals surface area contributed by atoms with E-state index >= 15 is 0 Å². The Hall–Kier alpha value is -2.52. The van der Waals surface area contributed by atoms with Crippen LogP contribution in [0.5, 0.6) is 0 Å². The van der Waals surface area contributed by atoms with Gasteiger partial charge in [0.05, 0.1) is 23.0 Å². The largest absolute Gasteiger partial charge is 0.512 e. The highest BCUT2D eigenvalue weighted by molar-refractivity contribution is 7.22. The van der Waals surface area contributed by atoms with Crippen LogP contribution in [-0.4, -0.2) is 51.7 Å². The predicted molar refractivity (Wildman–Crippen MR) is 137 cm³/mol. The van der Waals surface area contributed by atoms with Gasteiger partial charge in [-0.25, -0.2) is 14.2 Å². The molecule has 2 aromatic rings. The molecule has 7 nitrogen and oxygen atoms in total. The summed E-state index contributed by atoms with van der Waals surface area (Å²) in [6.45, 7) is 0.298. The van der Waals surface area contributed by atoms with Gasteiger partial charge in [0.25, 0.3) is 0 Å². The molecule has 36 heavy (non-hydrogen) atoms. The van der Waals surface area contributed by atoms with Crippen LogP contribution >= 0.6 is 11.3 Å². The average molecular weight is 514 g/mol. The number of carboxylic acids is 1. The first-order chi connectivity index (χ1) is 17.4. The number of rotatable bonds is 8. The number of hydrogen-bond acceptors (Lipinski definition) is 7. The minimum Gasteiger partial charge on any atom is -0.512 e. The molecule has 0 radical (unpaired) electrons. The van der Waals surface area contributed by atoms with Crippen molar-refractivity contribution in [3.63, 3.8) is 0 Å².